The quantitative estimate of drug-likeness (QED) is 0.504. The lowest BCUT2D eigenvalue weighted by atomic mass is 10.2. The van der Waals surface area contributed by atoms with Crippen LogP contribution in [0, 0.1) is 0 Å². The Labute approximate surface area is 145 Å². The van der Waals surface area contributed by atoms with E-state index < -0.39 is 6.10 Å². The van der Waals surface area contributed by atoms with Gasteiger partial charge in [0, 0.05) is 6.54 Å². The zero-order chi connectivity index (χ0) is 17.2. The number of thiazole rings is 1. The minimum absolute atomic E-state index is 0.306. The molecule has 2 N–H and O–H groups in total. The molecule has 0 amide bonds. The topological polar surface area (TPSA) is 80.7 Å². The van der Waals surface area contributed by atoms with Crippen LogP contribution in [0.3, 0.4) is 0 Å². The summed E-state index contributed by atoms with van der Waals surface area (Å²) in [6.07, 6.45) is 1.59. The molecule has 0 fully saturated rings. The molecule has 2 rings (SSSR count). The summed E-state index contributed by atoms with van der Waals surface area (Å²) in [5.74, 6) is -0.371. The predicted molar refractivity (Wildman–Crippen MR) is 91.9 cm³/mol. The number of hydrogen-bond donors (Lipinski definition) is 2. The van der Waals surface area contributed by atoms with Crippen LogP contribution in [0.2, 0.25) is 0 Å². The van der Waals surface area contributed by atoms with Crippen molar-refractivity contribution in [1.82, 2.24) is 10.3 Å². The first kappa shape index (κ1) is 18.5. The first-order chi connectivity index (χ1) is 11.7. The van der Waals surface area contributed by atoms with Gasteiger partial charge in [-0.25, -0.2) is 9.78 Å². The second-order valence-corrected chi connectivity index (χ2v) is 6.35. The van der Waals surface area contributed by atoms with Crippen LogP contribution in [0.5, 0.6) is 0 Å². The molecule has 7 heteroatoms. The van der Waals surface area contributed by atoms with Gasteiger partial charge in [-0.1, -0.05) is 30.3 Å². The Morgan fingerprint density at radius 2 is 2.17 bits per heavy atom. The highest BCUT2D eigenvalue weighted by atomic mass is 32.1. The van der Waals surface area contributed by atoms with Crippen LogP contribution in [-0.2, 0) is 22.6 Å². The van der Waals surface area contributed by atoms with Crippen LogP contribution in [0.15, 0.2) is 36.5 Å². The maximum atomic E-state index is 11.3. The number of aliphatic hydroxyl groups is 1. The molecule has 2 aromatic rings. The molecule has 1 aromatic carbocycles. The lowest BCUT2D eigenvalue weighted by Gasteiger charge is -2.11. The maximum absolute atomic E-state index is 11.3. The van der Waals surface area contributed by atoms with E-state index in [9.17, 15) is 9.90 Å². The van der Waals surface area contributed by atoms with Gasteiger partial charge in [0.05, 0.1) is 32.6 Å². The van der Waals surface area contributed by atoms with Crippen molar-refractivity contribution in [1.29, 1.82) is 0 Å². The molecule has 0 bridgehead atoms. The standard InChI is InChI=1S/C17H22N2O4S/c1-22-17(21)15-9-19-16(24-15)10-18-8-7-14(20)12-23-11-13-5-3-2-4-6-13/h2-6,9,14,18,20H,7-8,10-12H2,1H3/t14-/m1/s1. The minimum atomic E-state index is -0.511. The van der Waals surface area contributed by atoms with Gasteiger partial charge in [-0.05, 0) is 18.5 Å². The van der Waals surface area contributed by atoms with Crippen molar-refractivity contribution >= 4 is 17.3 Å². The molecule has 24 heavy (non-hydrogen) atoms. The molecule has 1 heterocycles. The van der Waals surface area contributed by atoms with Gasteiger partial charge in [-0.2, -0.15) is 0 Å². The van der Waals surface area contributed by atoms with Crippen LogP contribution in [0.1, 0.15) is 26.7 Å². The fourth-order valence-electron chi connectivity index (χ4n) is 2.02. The monoisotopic (exact) mass is 350 g/mol. The zero-order valence-corrected chi connectivity index (χ0v) is 14.4. The number of aliphatic hydroxyl groups excluding tert-OH is 1. The molecule has 6 nitrogen and oxygen atoms in total. The molecule has 1 aromatic heterocycles. The first-order valence-electron chi connectivity index (χ1n) is 7.72. The van der Waals surface area contributed by atoms with E-state index in [0.717, 1.165) is 10.6 Å². The molecule has 0 saturated carbocycles. The number of aromatic nitrogens is 1. The van der Waals surface area contributed by atoms with Gasteiger partial charge in [0.15, 0.2) is 0 Å². The molecule has 0 unspecified atom stereocenters. The number of nitrogens with zero attached hydrogens (tertiary/aromatic N) is 1. The van der Waals surface area contributed by atoms with Gasteiger partial charge in [-0.15, -0.1) is 11.3 Å². The van der Waals surface area contributed by atoms with Gasteiger partial charge in [0.25, 0.3) is 0 Å². The average molecular weight is 350 g/mol. The summed E-state index contributed by atoms with van der Waals surface area (Å²) in [4.78, 5) is 16.0. The van der Waals surface area contributed by atoms with Gasteiger partial charge in [0.1, 0.15) is 9.88 Å². The van der Waals surface area contributed by atoms with Gasteiger partial charge in [0.2, 0.25) is 0 Å². The Balaban J connectivity index is 1.56. The summed E-state index contributed by atoms with van der Waals surface area (Å²) in [6.45, 7) is 2.00. The highest BCUT2D eigenvalue weighted by Gasteiger charge is 2.10. The third kappa shape index (κ3) is 6.37. The van der Waals surface area contributed by atoms with Crippen molar-refractivity contribution in [3.05, 3.63) is 52.0 Å². The molecular formula is C17H22N2O4S. The smallest absolute Gasteiger partial charge is 0.349 e. The van der Waals surface area contributed by atoms with Crippen molar-refractivity contribution in [2.45, 2.75) is 25.7 Å². The van der Waals surface area contributed by atoms with Crippen LogP contribution < -0.4 is 5.32 Å². The number of rotatable bonds is 10. The summed E-state index contributed by atoms with van der Waals surface area (Å²) < 4.78 is 10.1. The molecular weight excluding hydrogens is 328 g/mol. The number of benzene rings is 1. The molecule has 1 atom stereocenters. The van der Waals surface area contributed by atoms with Crippen LogP contribution in [0.4, 0.5) is 0 Å². The first-order valence-corrected chi connectivity index (χ1v) is 8.54. The van der Waals surface area contributed by atoms with E-state index in [1.165, 1.54) is 24.6 Å². The van der Waals surface area contributed by atoms with E-state index in [1.54, 1.807) is 0 Å². The van der Waals surface area contributed by atoms with E-state index >= 15 is 0 Å². The summed E-state index contributed by atoms with van der Waals surface area (Å²) >= 11 is 1.30. The van der Waals surface area contributed by atoms with Gasteiger partial charge in [-0.3, -0.25) is 0 Å². The van der Waals surface area contributed by atoms with Crippen molar-refractivity contribution in [2.75, 3.05) is 20.3 Å². The van der Waals surface area contributed by atoms with Gasteiger partial charge >= 0.3 is 5.97 Å². The SMILES string of the molecule is COC(=O)c1cnc(CNCC[C@@H](O)COCc2ccccc2)s1. The maximum Gasteiger partial charge on any atom is 0.349 e. The van der Waals surface area contributed by atoms with E-state index in [4.69, 9.17) is 4.74 Å². The molecule has 0 spiro atoms. The normalized spacial score (nSPS) is 12.1. The molecule has 0 aliphatic rings. The third-order valence-corrected chi connectivity index (χ3v) is 4.27. The highest BCUT2D eigenvalue weighted by Crippen LogP contribution is 2.13. The lowest BCUT2D eigenvalue weighted by molar-refractivity contribution is 0.0247. The van der Waals surface area contributed by atoms with Crippen molar-refractivity contribution in [3.8, 4) is 0 Å². The Morgan fingerprint density at radius 3 is 2.92 bits per heavy atom. The van der Waals surface area contributed by atoms with E-state index in [1.807, 2.05) is 30.3 Å². The van der Waals surface area contributed by atoms with E-state index in [0.29, 0.717) is 37.6 Å². The minimum Gasteiger partial charge on any atom is -0.465 e. The summed E-state index contributed by atoms with van der Waals surface area (Å²) in [5, 5.41) is 13.9. The Bertz CT molecular complexity index is 618. The molecule has 0 aliphatic carbocycles. The Kier molecular flexibility index (Phi) is 7.84. The number of carbonyl (C=O) groups is 1. The Morgan fingerprint density at radius 1 is 1.38 bits per heavy atom. The third-order valence-electron chi connectivity index (χ3n) is 3.29. The van der Waals surface area contributed by atoms with Crippen molar-refractivity contribution < 1.29 is 19.4 Å². The predicted octanol–water partition coefficient (Wildman–Crippen LogP) is 1.99. The summed E-state index contributed by atoms with van der Waals surface area (Å²) in [6, 6.07) is 9.86. The second-order valence-electron chi connectivity index (χ2n) is 5.23. The fourth-order valence-corrected chi connectivity index (χ4v) is 2.83. The summed E-state index contributed by atoms with van der Waals surface area (Å²) in [5.41, 5.74) is 1.09. The Hall–Kier alpha value is -1.80. The lowest BCUT2D eigenvalue weighted by Crippen LogP contribution is -2.23. The van der Waals surface area contributed by atoms with E-state index in [2.05, 4.69) is 15.0 Å². The van der Waals surface area contributed by atoms with Crippen LogP contribution in [0.25, 0.3) is 0 Å². The van der Waals surface area contributed by atoms with Crippen LogP contribution >= 0.6 is 11.3 Å². The summed E-state index contributed by atoms with van der Waals surface area (Å²) in [7, 11) is 1.35. The van der Waals surface area contributed by atoms with Gasteiger partial charge < -0.3 is 19.9 Å². The molecule has 0 aliphatic heterocycles. The van der Waals surface area contributed by atoms with E-state index in [-0.39, 0.29) is 5.97 Å². The molecule has 0 radical (unpaired) electrons. The number of esters is 1. The van der Waals surface area contributed by atoms with Crippen molar-refractivity contribution in [3.63, 3.8) is 0 Å². The fraction of sp³-hybridized carbons (Fsp3) is 0.412. The number of carbonyl (C=O) groups excluding carboxylic acids is 1. The highest BCUT2D eigenvalue weighted by molar-refractivity contribution is 7.13. The zero-order valence-electron chi connectivity index (χ0n) is 13.6. The average Bonchev–Trinajstić information content (AvgIpc) is 3.08. The second kappa shape index (κ2) is 10.1. The number of nitrogens with one attached hydrogen (secondary N) is 1. The number of methoxy groups -OCH3 is 1. The van der Waals surface area contributed by atoms with Crippen molar-refractivity contribution in [2.24, 2.45) is 0 Å². The number of hydrogen-bond acceptors (Lipinski definition) is 7. The van der Waals surface area contributed by atoms with Crippen LogP contribution in [-0.4, -0.2) is 42.4 Å². The largest absolute Gasteiger partial charge is 0.465 e. The molecule has 0 saturated heterocycles. The molecule has 130 valence electrons. The number of ether oxygens (including phenoxy) is 2.